The van der Waals surface area contributed by atoms with Gasteiger partial charge in [-0.2, -0.15) is 0 Å². The molecule has 0 aliphatic heterocycles. The molecule has 35 heavy (non-hydrogen) atoms. The summed E-state index contributed by atoms with van der Waals surface area (Å²) >= 11 is 0. The lowest BCUT2D eigenvalue weighted by molar-refractivity contribution is 0.0514. The molecule has 0 unspecified atom stereocenters. The first-order chi connectivity index (χ1) is 16.8. The van der Waals surface area contributed by atoms with Crippen molar-refractivity contribution in [2.24, 2.45) is 5.41 Å². The second-order valence-electron chi connectivity index (χ2n) is 10.1. The van der Waals surface area contributed by atoms with E-state index in [9.17, 15) is 9.90 Å². The molecule has 4 heteroatoms. The van der Waals surface area contributed by atoms with Gasteiger partial charge < -0.3 is 15.2 Å². The Balaban J connectivity index is 1.90. The van der Waals surface area contributed by atoms with Gasteiger partial charge in [0.05, 0.1) is 12.6 Å². The lowest BCUT2D eigenvalue weighted by Gasteiger charge is -2.30. The van der Waals surface area contributed by atoms with Crippen molar-refractivity contribution in [3.05, 3.63) is 120 Å². The zero-order valence-electron chi connectivity index (χ0n) is 21.0. The van der Waals surface area contributed by atoms with Gasteiger partial charge >= 0.3 is 6.09 Å². The number of rotatable bonds is 10. The van der Waals surface area contributed by atoms with E-state index in [1.807, 2.05) is 93.6 Å². The predicted molar refractivity (Wildman–Crippen MR) is 142 cm³/mol. The van der Waals surface area contributed by atoms with Crippen molar-refractivity contribution >= 4 is 6.09 Å². The van der Waals surface area contributed by atoms with Crippen molar-refractivity contribution in [3.8, 4) is 0 Å². The smallest absolute Gasteiger partial charge is 0.408 e. The van der Waals surface area contributed by atoms with Crippen LogP contribution in [0.25, 0.3) is 0 Å². The Labute approximate surface area is 209 Å². The first kappa shape index (κ1) is 26.2. The van der Waals surface area contributed by atoms with Crippen LogP contribution in [0.2, 0.25) is 0 Å². The van der Waals surface area contributed by atoms with E-state index in [1.165, 1.54) is 0 Å². The number of nitrogens with one attached hydrogen (secondary N) is 1. The average Bonchev–Trinajstić information content (AvgIpc) is 2.83. The van der Waals surface area contributed by atoms with E-state index in [0.29, 0.717) is 19.3 Å². The van der Waals surface area contributed by atoms with Gasteiger partial charge in [-0.1, -0.05) is 103 Å². The fourth-order valence-corrected chi connectivity index (χ4v) is 4.16. The topological polar surface area (TPSA) is 58.6 Å². The molecule has 0 aromatic heterocycles. The normalized spacial score (nSPS) is 12.9. The number of aliphatic hydroxyl groups is 1. The van der Waals surface area contributed by atoms with Gasteiger partial charge in [-0.15, -0.1) is 0 Å². The minimum atomic E-state index is -0.583. The zero-order valence-corrected chi connectivity index (χ0v) is 21.0. The summed E-state index contributed by atoms with van der Waals surface area (Å²) in [6.45, 7) is 5.54. The Bertz CT molecular complexity index is 1020. The highest BCUT2D eigenvalue weighted by Gasteiger charge is 2.28. The number of alkyl carbamates (subject to hydrolysis) is 1. The Hall–Kier alpha value is -3.37. The highest BCUT2D eigenvalue weighted by Crippen LogP contribution is 2.30. The quantitative estimate of drug-likeness (QED) is 0.349. The molecule has 3 aromatic carbocycles. The summed E-state index contributed by atoms with van der Waals surface area (Å²) in [4.78, 5) is 12.6. The number of carbonyl (C=O) groups is 1. The molecule has 0 aliphatic rings. The number of hydrogen-bond donors (Lipinski definition) is 2. The van der Waals surface area contributed by atoms with E-state index in [1.54, 1.807) is 0 Å². The third-order valence-corrected chi connectivity index (χ3v) is 5.80. The Morgan fingerprint density at radius 2 is 1.29 bits per heavy atom. The molecule has 3 rings (SSSR count). The minimum absolute atomic E-state index is 0.0161. The van der Waals surface area contributed by atoms with Crippen LogP contribution in [0.4, 0.5) is 4.79 Å². The molecule has 0 spiro atoms. The van der Waals surface area contributed by atoms with Gasteiger partial charge in [0, 0.05) is 5.41 Å². The maximum absolute atomic E-state index is 12.6. The molecule has 0 fully saturated rings. The van der Waals surface area contributed by atoms with Crippen molar-refractivity contribution in [2.45, 2.75) is 51.7 Å². The van der Waals surface area contributed by atoms with Crippen LogP contribution in [0.3, 0.4) is 0 Å². The third-order valence-electron chi connectivity index (χ3n) is 5.80. The summed E-state index contributed by atoms with van der Waals surface area (Å²) in [6.07, 6.45) is 5.62. The SMILES string of the molecule is CC(C)(C)OC(=O)N[C@H](/C=C/C(CO)(Cc1ccccc1)Cc1ccccc1)Cc1ccccc1. The fraction of sp³-hybridized carbons (Fsp3) is 0.323. The van der Waals surface area contributed by atoms with E-state index < -0.39 is 17.1 Å². The number of benzene rings is 3. The lowest BCUT2D eigenvalue weighted by Crippen LogP contribution is -2.40. The van der Waals surface area contributed by atoms with Crippen LogP contribution < -0.4 is 5.32 Å². The molecule has 0 bridgehead atoms. The molecule has 2 N–H and O–H groups in total. The molecule has 0 saturated carbocycles. The zero-order chi connectivity index (χ0) is 25.2. The highest BCUT2D eigenvalue weighted by molar-refractivity contribution is 5.68. The number of carbonyl (C=O) groups excluding carboxylic acids is 1. The summed E-state index contributed by atoms with van der Waals surface area (Å²) in [5, 5.41) is 13.7. The van der Waals surface area contributed by atoms with Crippen molar-refractivity contribution in [3.63, 3.8) is 0 Å². The lowest BCUT2D eigenvalue weighted by atomic mass is 9.76. The average molecular weight is 472 g/mol. The fourth-order valence-electron chi connectivity index (χ4n) is 4.16. The summed E-state index contributed by atoms with van der Waals surface area (Å²) in [5.41, 5.74) is 2.32. The van der Waals surface area contributed by atoms with E-state index >= 15 is 0 Å². The molecule has 184 valence electrons. The Morgan fingerprint density at radius 3 is 1.71 bits per heavy atom. The van der Waals surface area contributed by atoms with E-state index in [4.69, 9.17) is 4.74 Å². The van der Waals surface area contributed by atoms with Gasteiger partial charge in [0.25, 0.3) is 0 Å². The summed E-state index contributed by atoms with van der Waals surface area (Å²) < 4.78 is 5.52. The molecule has 0 aliphatic carbocycles. The minimum Gasteiger partial charge on any atom is -0.444 e. The second-order valence-corrected chi connectivity index (χ2v) is 10.1. The first-order valence-electron chi connectivity index (χ1n) is 12.2. The van der Waals surface area contributed by atoms with Crippen molar-refractivity contribution in [1.82, 2.24) is 5.32 Å². The van der Waals surface area contributed by atoms with E-state index in [0.717, 1.165) is 16.7 Å². The van der Waals surface area contributed by atoms with Gasteiger partial charge in [-0.05, 0) is 56.7 Å². The molecule has 0 radical (unpaired) electrons. The Kier molecular flexibility index (Phi) is 9.27. The highest BCUT2D eigenvalue weighted by atomic mass is 16.6. The van der Waals surface area contributed by atoms with Crippen LogP contribution >= 0.6 is 0 Å². The predicted octanol–water partition coefficient (Wildman–Crippen LogP) is 6.14. The van der Waals surface area contributed by atoms with Crippen LogP contribution in [0.5, 0.6) is 0 Å². The molecule has 1 atom stereocenters. The molecular weight excluding hydrogens is 434 g/mol. The van der Waals surface area contributed by atoms with Gasteiger partial charge in [0.15, 0.2) is 0 Å². The molecule has 3 aromatic rings. The van der Waals surface area contributed by atoms with Crippen molar-refractivity contribution in [1.29, 1.82) is 0 Å². The standard InChI is InChI=1S/C31H37NO3/c1-30(2,3)35-29(34)32-28(21-25-13-7-4-8-14-25)19-20-31(24-33,22-26-15-9-5-10-16-26)23-27-17-11-6-12-18-27/h4-20,28,33H,21-24H2,1-3H3,(H,32,34)/b20-19+/t28-/m1/s1. The van der Waals surface area contributed by atoms with Gasteiger partial charge in [-0.3, -0.25) is 0 Å². The Morgan fingerprint density at radius 1 is 0.829 bits per heavy atom. The maximum atomic E-state index is 12.6. The van der Waals surface area contributed by atoms with E-state index in [-0.39, 0.29) is 12.6 Å². The molecule has 0 saturated heterocycles. The molecular formula is C31H37NO3. The first-order valence-corrected chi connectivity index (χ1v) is 12.2. The van der Waals surface area contributed by atoms with Gasteiger partial charge in [-0.25, -0.2) is 4.79 Å². The maximum Gasteiger partial charge on any atom is 0.408 e. The van der Waals surface area contributed by atoms with Crippen molar-refractivity contribution in [2.75, 3.05) is 6.61 Å². The molecule has 1 amide bonds. The van der Waals surface area contributed by atoms with Crippen molar-refractivity contribution < 1.29 is 14.6 Å². The number of amides is 1. The van der Waals surface area contributed by atoms with Crippen LogP contribution in [0.15, 0.2) is 103 Å². The molecule has 4 nitrogen and oxygen atoms in total. The summed E-state index contributed by atoms with van der Waals surface area (Å²) in [7, 11) is 0. The van der Waals surface area contributed by atoms with Crippen LogP contribution in [0, 0.1) is 5.41 Å². The monoisotopic (exact) mass is 471 g/mol. The molecule has 0 heterocycles. The number of hydrogen-bond acceptors (Lipinski definition) is 3. The van der Waals surface area contributed by atoms with E-state index in [2.05, 4.69) is 35.7 Å². The van der Waals surface area contributed by atoms with Gasteiger partial charge in [0.1, 0.15) is 5.60 Å². The third kappa shape index (κ3) is 9.06. The number of ether oxygens (including phenoxy) is 1. The summed E-state index contributed by atoms with van der Waals surface area (Å²) in [5.74, 6) is 0. The van der Waals surface area contributed by atoms with Gasteiger partial charge in [0.2, 0.25) is 0 Å². The van der Waals surface area contributed by atoms with Crippen LogP contribution in [-0.2, 0) is 24.0 Å². The largest absolute Gasteiger partial charge is 0.444 e. The number of aliphatic hydroxyl groups excluding tert-OH is 1. The van der Waals surface area contributed by atoms with Crippen LogP contribution in [-0.4, -0.2) is 29.4 Å². The second kappa shape index (κ2) is 12.4. The summed E-state index contributed by atoms with van der Waals surface area (Å²) in [6, 6.07) is 30.2. The van der Waals surface area contributed by atoms with Crippen LogP contribution in [0.1, 0.15) is 37.5 Å².